The maximum atomic E-state index is 11.9. The molecule has 0 saturated heterocycles. The lowest BCUT2D eigenvalue weighted by Crippen LogP contribution is -2.32. The highest BCUT2D eigenvalue weighted by Crippen LogP contribution is 2.28. The molecule has 28 heavy (non-hydrogen) atoms. The van der Waals surface area contributed by atoms with E-state index in [0.29, 0.717) is 23.4 Å². The molecule has 0 aliphatic carbocycles. The van der Waals surface area contributed by atoms with Crippen molar-refractivity contribution < 1.29 is 29.0 Å². The number of ether oxygens (including phenoxy) is 2. The van der Waals surface area contributed by atoms with Crippen LogP contribution in [-0.2, 0) is 14.3 Å². The average molecular weight is 385 g/mol. The maximum absolute atomic E-state index is 11.9. The fraction of sp³-hybridized carbons (Fsp3) is 0.158. The summed E-state index contributed by atoms with van der Waals surface area (Å²) in [6.45, 7) is 2.16. The summed E-state index contributed by atoms with van der Waals surface area (Å²) in [4.78, 5) is 35.0. The van der Waals surface area contributed by atoms with E-state index < -0.39 is 17.8 Å². The lowest BCUT2D eigenvalue weighted by molar-refractivity contribution is -0.136. The molecule has 0 saturated carbocycles. The summed E-state index contributed by atoms with van der Waals surface area (Å²) in [6, 6.07) is 10.6. The molecule has 0 fully saturated rings. The van der Waals surface area contributed by atoms with E-state index in [1.54, 1.807) is 25.1 Å². The van der Waals surface area contributed by atoms with Gasteiger partial charge in [0.05, 0.1) is 25.5 Å². The molecule has 0 unspecified atom stereocenters. The molecule has 0 aliphatic rings. The smallest absolute Gasteiger partial charge is 0.337 e. The first-order valence-corrected chi connectivity index (χ1v) is 8.23. The zero-order chi connectivity index (χ0) is 20.5. The van der Waals surface area contributed by atoms with E-state index >= 15 is 0 Å². The number of carbonyl (C=O) groups is 3. The number of rotatable bonds is 6. The first kappa shape index (κ1) is 20.4. The predicted octanol–water partition coefficient (Wildman–Crippen LogP) is 1.67. The van der Waals surface area contributed by atoms with Crippen LogP contribution in [0.25, 0.3) is 0 Å². The number of hydrogen-bond acceptors (Lipinski definition) is 7. The van der Waals surface area contributed by atoms with E-state index in [0.717, 1.165) is 0 Å². The molecule has 0 atom stereocenters. The Morgan fingerprint density at radius 1 is 1.11 bits per heavy atom. The third kappa shape index (κ3) is 5.31. The third-order valence-electron chi connectivity index (χ3n) is 3.47. The van der Waals surface area contributed by atoms with E-state index in [4.69, 9.17) is 4.74 Å². The van der Waals surface area contributed by atoms with Crippen LogP contribution < -0.4 is 15.5 Å². The van der Waals surface area contributed by atoms with Crippen LogP contribution in [0.15, 0.2) is 47.6 Å². The van der Waals surface area contributed by atoms with Crippen molar-refractivity contribution >= 4 is 29.7 Å². The van der Waals surface area contributed by atoms with Gasteiger partial charge in [-0.2, -0.15) is 5.10 Å². The molecule has 0 radical (unpaired) electrons. The molecule has 146 valence electrons. The van der Waals surface area contributed by atoms with Crippen molar-refractivity contribution in [3.8, 4) is 11.5 Å². The largest absolute Gasteiger partial charge is 0.504 e. The minimum atomic E-state index is -1.01. The van der Waals surface area contributed by atoms with E-state index in [1.165, 1.54) is 37.6 Å². The quantitative estimate of drug-likeness (QED) is 0.300. The van der Waals surface area contributed by atoms with Crippen LogP contribution in [0.4, 0.5) is 5.69 Å². The van der Waals surface area contributed by atoms with Gasteiger partial charge in [0, 0.05) is 11.3 Å². The van der Waals surface area contributed by atoms with Gasteiger partial charge in [0.1, 0.15) is 0 Å². The van der Waals surface area contributed by atoms with Crippen LogP contribution in [0.5, 0.6) is 11.5 Å². The zero-order valence-corrected chi connectivity index (χ0v) is 15.3. The fourth-order valence-electron chi connectivity index (χ4n) is 2.12. The highest BCUT2D eigenvalue weighted by molar-refractivity contribution is 6.39. The summed E-state index contributed by atoms with van der Waals surface area (Å²) in [5.74, 6) is -2.31. The monoisotopic (exact) mass is 385 g/mol. The Hall–Kier alpha value is -3.88. The van der Waals surface area contributed by atoms with E-state index in [2.05, 4.69) is 20.6 Å². The van der Waals surface area contributed by atoms with Gasteiger partial charge in [0.25, 0.3) is 0 Å². The Morgan fingerprint density at radius 3 is 2.46 bits per heavy atom. The van der Waals surface area contributed by atoms with E-state index in [-0.39, 0.29) is 11.5 Å². The summed E-state index contributed by atoms with van der Waals surface area (Å²) in [5, 5.41) is 16.0. The Balaban J connectivity index is 1.94. The zero-order valence-electron chi connectivity index (χ0n) is 15.3. The molecule has 9 nitrogen and oxygen atoms in total. The van der Waals surface area contributed by atoms with Gasteiger partial charge in [0.2, 0.25) is 0 Å². The Labute approximate surface area is 161 Å². The third-order valence-corrected chi connectivity index (χ3v) is 3.47. The normalized spacial score (nSPS) is 10.4. The van der Waals surface area contributed by atoms with Crippen molar-refractivity contribution in [1.82, 2.24) is 5.43 Å². The molecule has 0 spiro atoms. The van der Waals surface area contributed by atoms with Crippen molar-refractivity contribution in [1.29, 1.82) is 0 Å². The number of methoxy groups -OCH3 is 1. The van der Waals surface area contributed by atoms with Gasteiger partial charge in [0.15, 0.2) is 11.5 Å². The number of carbonyl (C=O) groups excluding carboxylic acids is 3. The summed E-state index contributed by atoms with van der Waals surface area (Å²) in [7, 11) is 1.26. The molecule has 9 heteroatoms. The first-order valence-electron chi connectivity index (χ1n) is 8.23. The first-order chi connectivity index (χ1) is 13.5. The van der Waals surface area contributed by atoms with Crippen LogP contribution in [0.2, 0.25) is 0 Å². The second-order valence-corrected chi connectivity index (χ2v) is 5.35. The lowest BCUT2D eigenvalue weighted by atomic mass is 10.2. The number of phenols is 1. The molecule has 3 N–H and O–H groups in total. The Kier molecular flexibility index (Phi) is 7.09. The number of esters is 1. The number of hydrazone groups is 1. The van der Waals surface area contributed by atoms with Gasteiger partial charge >= 0.3 is 17.8 Å². The fourth-order valence-corrected chi connectivity index (χ4v) is 2.12. The molecular weight excluding hydrogens is 366 g/mol. The number of phenolic OH excluding ortho intramolecular Hbond substituents is 1. The highest BCUT2D eigenvalue weighted by Gasteiger charge is 2.14. The van der Waals surface area contributed by atoms with Crippen LogP contribution in [0.3, 0.4) is 0 Å². The minimum absolute atomic E-state index is 0.127. The number of anilines is 1. The van der Waals surface area contributed by atoms with Crippen LogP contribution in [0.1, 0.15) is 22.8 Å². The van der Waals surface area contributed by atoms with E-state index in [9.17, 15) is 19.5 Å². The molecule has 0 heterocycles. The van der Waals surface area contributed by atoms with Crippen molar-refractivity contribution in [2.24, 2.45) is 5.10 Å². The van der Waals surface area contributed by atoms with Crippen molar-refractivity contribution in [3.05, 3.63) is 53.6 Å². The molecular formula is C19H19N3O6. The number of nitrogens with one attached hydrogen (secondary N) is 2. The topological polar surface area (TPSA) is 126 Å². The highest BCUT2D eigenvalue weighted by atomic mass is 16.5. The van der Waals surface area contributed by atoms with Gasteiger partial charge in [-0.3, -0.25) is 9.59 Å². The van der Waals surface area contributed by atoms with Crippen LogP contribution in [0, 0.1) is 0 Å². The molecule has 0 bridgehead atoms. The number of para-hydroxylation sites is 1. The van der Waals surface area contributed by atoms with Crippen LogP contribution in [-0.4, -0.2) is 42.8 Å². The SMILES string of the molecule is CCOc1cccc(/C=N\NC(=O)C(=O)Nc2ccc(C(=O)OC)cc2)c1O. The minimum Gasteiger partial charge on any atom is -0.504 e. The number of amides is 2. The van der Waals surface area contributed by atoms with Crippen molar-refractivity contribution in [3.63, 3.8) is 0 Å². The number of aromatic hydroxyl groups is 1. The second-order valence-electron chi connectivity index (χ2n) is 5.35. The second kappa shape index (κ2) is 9.72. The molecule has 2 rings (SSSR count). The lowest BCUT2D eigenvalue weighted by Gasteiger charge is -2.07. The molecule has 0 aromatic heterocycles. The van der Waals surface area contributed by atoms with Gasteiger partial charge in [-0.25, -0.2) is 10.2 Å². The van der Waals surface area contributed by atoms with Gasteiger partial charge < -0.3 is 19.9 Å². The number of hydrogen-bond donors (Lipinski definition) is 3. The predicted molar refractivity (Wildman–Crippen MR) is 101 cm³/mol. The Bertz CT molecular complexity index is 893. The number of nitrogens with zero attached hydrogens (tertiary/aromatic N) is 1. The summed E-state index contributed by atoms with van der Waals surface area (Å²) < 4.78 is 9.82. The summed E-state index contributed by atoms with van der Waals surface area (Å²) in [6.07, 6.45) is 1.19. The molecule has 0 aliphatic heterocycles. The average Bonchev–Trinajstić information content (AvgIpc) is 2.70. The summed E-state index contributed by atoms with van der Waals surface area (Å²) >= 11 is 0. The Morgan fingerprint density at radius 2 is 1.82 bits per heavy atom. The van der Waals surface area contributed by atoms with Crippen molar-refractivity contribution in [2.75, 3.05) is 19.0 Å². The number of benzene rings is 2. The van der Waals surface area contributed by atoms with Crippen molar-refractivity contribution in [2.45, 2.75) is 6.92 Å². The van der Waals surface area contributed by atoms with Crippen LogP contribution >= 0.6 is 0 Å². The van der Waals surface area contributed by atoms with E-state index in [1.807, 2.05) is 0 Å². The molecule has 2 aromatic carbocycles. The van der Waals surface area contributed by atoms with Gasteiger partial charge in [-0.05, 0) is 43.3 Å². The molecule has 2 aromatic rings. The standard InChI is InChI=1S/C19H19N3O6/c1-3-28-15-6-4-5-13(16(15)23)11-20-22-18(25)17(24)21-14-9-7-12(8-10-14)19(26)27-2/h4-11,23H,3H2,1-2H3,(H,21,24)(H,22,25)/b20-11-. The van der Waals surface area contributed by atoms with Gasteiger partial charge in [-0.1, -0.05) is 6.07 Å². The summed E-state index contributed by atoms with van der Waals surface area (Å²) in [5.41, 5.74) is 3.00. The molecule has 2 amide bonds. The maximum Gasteiger partial charge on any atom is 0.337 e. The van der Waals surface area contributed by atoms with Gasteiger partial charge in [-0.15, -0.1) is 0 Å².